The van der Waals surface area contributed by atoms with E-state index in [-0.39, 0.29) is 36.7 Å². The molecule has 2 aliphatic rings. The maximum absolute atomic E-state index is 13.8. The molecule has 0 spiro atoms. The topological polar surface area (TPSA) is 115 Å². The third-order valence-electron chi connectivity index (χ3n) is 8.20. The summed E-state index contributed by atoms with van der Waals surface area (Å²) in [6.45, 7) is 5.88. The molecule has 1 fully saturated rings. The van der Waals surface area contributed by atoms with Crippen molar-refractivity contribution < 1.29 is 37.3 Å². The van der Waals surface area contributed by atoms with Gasteiger partial charge in [0, 0.05) is 19.3 Å². The van der Waals surface area contributed by atoms with E-state index in [9.17, 15) is 27.9 Å². The molecule has 1 aromatic carbocycles. The number of carbonyl (C=O) groups is 2. The van der Waals surface area contributed by atoms with Crippen LogP contribution in [0.3, 0.4) is 0 Å². The summed E-state index contributed by atoms with van der Waals surface area (Å²) in [5, 5.41) is 15.4. The number of rotatable bonds is 11. The Bertz CT molecular complexity index is 1500. The second-order valence-corrected chi connectivity index (χ2v) is 11.4. The lowest BCUT2D eigenvalue weighted by Gasteiger charge is -2.40. The van der Waals surface area contributed by atoms with E-state index in [2.05, 4.69) is 5.10 Å². The number of aliphatic hydroxyl groups is 1. The number of imidazole rings is 1. The molecule has 2 aromatic heterocycles. The van der Waals surface area contributed by atoms with Crippen molar-refractivity contribution in [1.29, 1.82) is 0 Å². The highest BCUT2D eigenvalue weighted by Gasteiger charge is 2.41. The first-order chi connectivity index (χ1) is 21.5. The van der Waals surface area contributed by atoms with E-state index >= 15 is 0 Å². The summed E-state index contributed by atoms with van der Waals surface area (Å²) >= 11 is 0. The number of fused-ring (bicyclic) bond motifs is 1. The predicted molar refractivity (Wildman–Crippen MR) is 158 cm³/mol. The van der Waals surface area contributed by atoms with Crippen LogP contribution in [0.5, 0.6) is 0 Å². The second-order valence-electron chi connectivity index (χ2n) is 11.4. The molecular weight excluding hydrogens is 593 g/mol. The van der Waals surface area contributed by atoms with Crippen molar-refractivity contribution in [2.75, 3.05) is 18.0 Å². The summed E-state index contributed by atoms with van der Waals surface area (Å²) in [5.74, 6) is -0.337. The molecule has 14 heteroatoms. The summed E-state index contributed by atoms with van der Waals surface area (Å²) < 4.78 is 54.4. The van der Waals surface area contributed by atoms with Crippen molar-refractivity contribution in [1.82, 2.24) is 24.2 Å². The molecule has 45 heavy (non-hydrogen) atoms. The fourth-order valence-corrected chi connectivity index (χ4v) is 5.90. The summed E-state index contributed by atoms with van der Waals surface area (Å²) in [6, 6.07) is 5.02. The number of benzene rings is 1. The average molecular weight is 633 g/mol. The van der Waals surface area contributed by atoms with Gasteiger partial charge >= 0.3 is 12.1 Å². The Morgan fingerprint density at radius 1 is 1.16 bits per heavy atom. The third-order valence-corrected chi connectivity index (χ3v) is 8.20. The molecule has 5 rings (SSSR count). The molecule has 3 aromatic rings. The van der Waals surface area contributed by atoms with Gasteiger partial charge in [-0.1, -0.05) is 38.3 Å². The molecule has 1 aliphatic carbocycles. The number of hydrogen-bond acceptors (Lipinski definition) is 8. The molecule has 1 amide bonds. The van der Waals surface area contributed by atoms with Gasteiger partial charge in [0.25, 0.3) is 5.91 Å². The highest BCUT2D eigenvalue weighted by molar-refractivity contribution is 6.00. The van der Waals surface area contributed by atoms with Gasteiger partial charge in [-0.15, -0.1) is 0 Å². The number of nitrogens with zero attached hydrogens (tertiary/aromatic N) is 6. The zero-order chi connectivity index (χ0) is 32.3. The van der Waals surface area contributed by atoms with Gasteiger partial charge in [-0.2, -0.15) is 18.3 Å². The van der Waals surface area contributed by atoms with Crippen LogP contribution >= 0.6 is 0 Å². The molecule has 0 saturated heterocycles. The molecular formula is C31H39F3N6O5. The number of anilines is 1. The van der Waals surface area contributed by atoms with E-state index in [1.165, 1.54) is 21.8 Å². The van der Waals surface area contributed by atoms with Gasteiger partial charge in [0.05, 0.1) is 29.8 Å². The van der Waals surface area contributed by atoms with Crippen molar-refractivity contribution in [3.8, 4) is 11.4 Å². The highest BCUT2D eigenvalue weighted by Crippen LogP contribution is 2.35. The highest BCUT2D eigenvalue weighted by atomic mass is 19.4. The Balaban J connectivity index is 1.45. The van der Waals surface area contributed by atoms with Crippen molar-refractivity contribution in [2.24, 2.45) is 5.92 Å². The summed E-state index contributed by atoms with van der Waals surface area (Å²) in [7, 11) is 0. The lowest BCUT2D eigenvalue weighted by Crippen LogP contribution is -2.56. The van der Waals surface area contributed by atoms with Crippen LogP contribution in [0, 0.1) is 5.92 Å². The lowest BCUT2D eigenvalue weighted by atomic mass is 9.89. The van der Waals surface area contributed by atoms with Gasteiger partial charge in [0.2, 0.25) is 12.6 Å². The zero-order valence-corrected chi connectivity index (χ0v) is 25.7. The average Bonchev–Trinajstić information content (AvgIpc) is 3.63. The largest absolute Gasteiger partial charge is 0.436 e. The molecule has 1 saturated carbocycles. The molecule has 0 radical (unpaired) electrons. The lowest BCUT2D eigenvalue weighted by molar-refractivity contribution is -0.187. The van der Waals surface area contributed by atoms with Gasteiger partial charge in [0.1, 0.15) is 12.6 Å². The van der Waals surface area contributed by atoms with Crippen LogP contribution in [0.4, 0.5) is 19.0 Å². The van der Waals surface area contributed by atoms with Crippen LogP contribution in [-0.2, 0) is 33.7 Å². The summed E-state index contributed by atoms with van der Waals surface area (Å²) in [5.41, 5.74) is 0.332. The first kappa shape index (κ1) is 32.5. The minimum Gasteiger partial charge on any atom is -0.436 e. The van der Waals surface area contributed by atoms with Crippen LogP contribution in [0.1, 0.15) is 80.9 Å². The van der Waals surface area contributed by atoms with Gasteiger partial charge in [-0.25, -0.2) is 4.98 Å². The number of hydrogen-bond donors (Lipinski definition) is 1. The Morgan fingerprint density at radius 3 is 2.60 bits per heavy atom. The predicted octanol–water partition coefficient (Wildman–Crippen LogP) is 5.23. The Hall–Kier alpha value is -3.91. The van der Waals surface area contributed by atoms with Crippen LogP contribution in [0.2, 0.25) is 0 Å². The van der Waals surface area contributed by atoms with E-state index in [1.54, 1.807) is 28.7 Å². The quantitative estimate of drug-likeness (QED) is 0.226. The van der Waals surface area contributed by atoms with Crippen LogP contribution in [-0.4, -0.2) is 66.9 Å². The number of ether oxygens (including phenoxy) is 2. The Kier molecular flexibility index (Phi) is 9.82. The SMILES string of the molecule is CCCN1C(=O)c2c(nc(-c3cnn(Cc4cccc(C(F)(F)F)c4)c3)n2COC(C)OC(=O)C2CCCCC2)N(CC)C1O. The fraction of sp³-hybridized carbons (Fsp3) is 0.548. The third kappa shape index (κ3) is 7.01. The minimum atomic E-state index is -4.47. The van der Waals surface area contributed by atoms with Crippen molar-refractivity contribution in [3.05, 3.63) is 53.5 Å². The van der Waals surface area contributed by atoms with E-state index in [1.807, 2.05) is 13.8 Å². The number of halogens is 3. The number of carbonyl (C=O) groups excluding carboxylic acids is 2. The zero-order valence-electron chi connectivity index (χ0n) is 25.7. The van der Waals surface area contributed by atoms with E-state index < -0.39 is 30.3 Å². The van der Waals surface area contributed by atoms with Gasteiger partial charge in [-0.05, 0) is 50.8 Å². The smallest absolute Gasteiger partial charge is 0.416 e. The molecule has 2 unspecified atom stereocenters. The van der Waals surface area contributed by atoms with Crippen LogP contribution in [0.25, 0.3) is 11.4 Å². The van der Waals surface area contributed by atoms with E-state index in [0.29, 0.717) is 36.5 Å². The first-order valence-electron chi connectivity index (χ1n) is 15.4. The Morgan fingerprint density at radius 2 is 1.91 bits per heavy atom. The molecule has 2 atom stereocenters. The minimum absolute atomic E-state index is 0.0675. The van der Waals surface area contributed by atoms with Crippen molar-refractivity contribution >= 4 is 17.7 Å². The maximum atomic E-state index is 13.8. The number of aromatic nitrogens is 4. The van der Waals surface area contributed by atoms with Crippen molar-refractivity contribution in [3.63, 3.8) is 0 Å². The molecule has 244 valence electrons. The molecule has 1 N–H and O–H groups in total. The normalized spacial score (nSPS) is 18.3. The van der Waals surface area contributed by atoms with Gasteiger partial charge < -0.3 is 19.5 Å². The summed E-state index contributed by atoms with van der Waals surface area (Å²) in [6.07, 6.45) is 1.79. The first-order valence-corrected chi connectivity index (χ1v) is 15.4. The standard InChI is InChI=1S/C31H39F3N6O5/c1-4-14-39-28(41)25-27(38(5-2)30(39)43)36-26(40(25)19-44-20(3)45-29(42)22-11-7-6-8-12-22)23-16-35-37(18-23)17-21-10-9-13-24(15-21)31(32,33)34/h9-10,13,15-16,18,20,22,30,43H,4-8,11-12,14,17,19H2,1-3H3. The second kappa shape index (κ2) is 13.6. The van der Waals surface area contributed by atoms with Gasteiger partial charge in [0.15, 0.2) is 11.5 Å². The Labute approximate surface area is 259 Å². The maximum Gasteiger partial charge on any atom is 0.416 e. The number of alkyl halides is 3. The van der Waals surface area contributed by atoms with E-state index in [0.717, 1.165) is 44.2 Å². The molecule has 0 bridgehead atoms. The molecule has 3 heterocycles. The molecule has 11 nitrogen and oxygen atoms in total. The monoisotopic (exact) mass is 632 g/mol. The molecule has 1 aliphatic heterocycles. The number of aliphatic hydroxyl groups excluding tert-OH is 1. The number of esters is 1. The number of amides is 1. The van der Waals surface area contributed by atoms with Crippen LogP contribution < -0.4 is 4.90 Å². The van der Waals surface area contributed by atoms with Gasteiger partial charge in [-0.3, -0.25) is 23.7 Å². The van der Waals surface area contributed by atoms with Crippen molar-refractivity contribution in [2.45, 2.75) is 91.4 Å². The van der Waals surface area contributed by atoms with Crippen LogP contribution in [0.15, 0.2) is 36.7 Å². The van der Waals surface area contributed by atoms with E-state index in [4.69, 9.17) is 14.5 Å². The summed E-state index contributed by atoms with van der Waals surface area (Å²) in [4.78, 5) is 34.2. The fourth-order valence-electron chi connectivity index (χ4n) is 5.90.